The molecule has 0 aliphatic rings. The Morgan fingerprint density at radius 3 is 2.90 bits per heavy atom. The van der Waals surface area contributed by atoms with Gasteiger partial charge in [0.25, 0.3) is 0 Å². The maximum atomic E-state index is 12.1. The molecule has 3 aromatic rings. The van der Waals surface area contributed by atoms with Crippen LogP contribution in [0.4, 0.5) is 11.4 Å². The number of hydrogen-bond donors (Lipinski definition) is 2. The van der Waals surface area contributed by atoms with Crippen molar-refractivity contribution in [3.8, 4) is 0 Å². The molecule has 0 aliphatic carbocycles. The summed E-state index contributed by atoms with van der Waals surface area (Å²) in [4.78, 5) is 12.1. The first-order valence-corrected chi connectivity index (χ1v) is 6.70. The van der Waals surface area contributed by atoms with Gasteiger partial charge in [0.1, 0.15) is 6.54 Å². The first kappa shape index (κ1) is 13.2. The summed E-state index contributed by atoms with van der Waals surface area (Å²) in [6, 6.07) is 13.3. The van der Waals surface area contributed by atoms with Crippen molar-refractivity contribution < 1.29 is 4.79 Å². The molecule has 1 aromatic heterocycles. The molecule has 0 radical (unpaired) electrons. The molecule has 0 saturated carbocycles. The van der Waals surface area contributed by atoms with Crippen LogP contribution in [-0.4, -0.2) is 15.7 Å². The molecule has 0 fully saturated rings. The van der Waals surface area contributed by atoms with Gasteiger partial charge in [-0.15, -0.1) is 0 Å². The number of aryl methyl sites for hydroxylation is 1. The zero-order valence-electron chi connectivity index (χ0n) is 11.7. The molecule has 5 heteroatoms. The number of nitrogens with one attached hydrogen (secondary N) is 1. The number of anilines is 2. The molecule has 1 heterocycles. The lowest BCUT2D eigenvalue weighted by Gasteiger charge is -2.09. The van der Waals surface area contributed by atoms with Crippen LogP contribution in [0.2, 0.25) is 0 Å². The van der Waals surface area contributed by atoms with Crippen LogP contribution in [0, 0.1) is 6.92 Å². The number of carbonyl (C=O) groups excluding carboxylic acids is 1. The van der Waals surface area contributed by atoms with Crippen molar-refractivity contribution in [3.05, 3.63) is 54.2 Å². The van der Waals surface area contributed by atoms with E-state index >= 15 is 0 Å². The van der Waals surface area contributed by atoms with Crippen LogP contribution >= 0.6 is 0 Å². The molecule has 3 rings (SSSR count). The first-order chi connectivity index (χ1) is 10.1. The van der Waals surface area contributed by atoms with E-state index in [4.69, 9.17) is 5.73 Å². The van der Waals surface area contributed by atoms with Gasteiger partial charge < -0.3 is 11.1 Å². The minimum Gasteiger partial charge on any atom is -0.397 e. The van der Waals surface area contributed by atoms with Gasteiger partial charge in [-0.25, -0.2) is 0 Å². The first-order valence-electron chi connectivity index (χ1n) is 6.70. The van der Waals surface area contributed by atoms with Crippen molar-refractivity contribution in [1.29, 1.82) is 0 Å². The highest BCUT2D eigenvalue weighted by atomic mass is 16.2. The van der Waals surface area contributed by atoms with Gasteiger partial charge in [-0.2, -0.15) is 5.10 Å². The number of nitrogens with zero attached hydrogens (tertiary/aromatic N) is 2. The number of rotatable bonds is 3. The summed E-state index contributed by atoms with van der Waals surface area (Å²) in [5.74, 6) is -0.153. The SMILES string of the molecule is Cc1ccc(NC(=O)Cn2ncc3ccccc32)c(N)c1. The number of hydrogen-bond acceptors (Lipinski definition) is 3. The molecule has 0 saturated heterocycles. The molecule has 0 spiro atoms. The molecule has 0 aliphatic heterocycles. The van der Waals surface area contributed by atoms with Crippen molar-refractivity contribution in [1.82, 2.24) is 9.78 Å². The molecule has 1 amide bonds. The van der Waals surface area contributed by atoms with E-state index in [0.29, 0.717) is 11.4 Å². The molecule has 5 nitrogen and oxygen atoms in total. The van der Waals surface area contributed by atoms with E-state index in [0.717, 1.165) is 16.5 Å². The Balaban J connectivity index is 1.77. The third kappa shape index (κ3) is 2.72. The molecule has 21 heavy (non-hydrogen) atoms. The van der Waals surface area contributed by atoms with Crippen LogP contribution < -0.4 is 11.1 Å². The van der Waals surface area contributed by atoms with E-state index in [1.54, 1.807) is 10.9 Å². The van der Waals surface area contributed by atoms with Gasteiger partial charge in [0.2, 0.25) is 5.91 Å². The number of para-hydroxylation sites is 1. The zero-order valence-corrected chi connectivity index (χ0v) is 11.7. The molecule has 2 aromatic carbocycles. The second-order valence-corrected chi connectivity index (χ2v) is 5.00. The highest BCUT2D eigenvalue weighted by Crippen LogP contribution is 2.19. The van der Waals surface area contributed by atoms with Crippen LogP contribution in [0.5, 0.6) is 0 Å². The molecular formula is C16H16N4O. The predicted octanol–water partition coefficient (Wildman–Crippen LogP) is 2.57. The predicted molar refractivity (Wildman–Crippen MR) is 84.0 cm³/mol. The summed E-state index contributed by atoms with van der Waals surface area (Å²) in [6.07, 6.45) is 1.75. The van der Waals surface area contributed by atoms with Crippen molar-refractivity contribution in [2.45, 2.75) is 13.5 Å². The lowest BCUT2D eigenvalue weighted by molar-refractivity contribution is -0.116. The van der Waals surface area contributed by atoms with Crippen LogP contribution in [-0.2, 0) is 11.3 Å². The molecule has 3 N–H and O–H groups in total. The number of nitrogen functional groups attached to an aromatic ring is 1. The van der Waals surface area contributed by atoms with Crippen LogP contribution in [0.1, 0.15) is 5.56 Å². The lowest BCUT2D eigenvalue weighted by atomic mass is 10.2. The van der Waals surface area contributed by atoms with Gasteiger partial charge in [-0.1, -0.05) is 24.3 Å². The van der Waals surface area contributed by atoms with Crippen molar-refractivity contribution in [3.63, 3.8) is 0 Å². The van der Waals surface area contributed by atoms with E-state index in [1.165, 1.54) is 0 Å². The number of aromatic nitrogens is 2. The zero-order chi connectivity index (χ0) is 14.8. The normalized spacial score (nSPS) is 10.7. The van der Waals surface area contributed by atoms with E-state index in [9.17, 15) is 4.79 Å². The van der Waals surface area contributed by atoms with Crippen molar-refractivity contribution in [2.24, 2.45) is 0 Å². The fourth-order valence-corrected chi connectivity index (χ4v) is 2.27. The van der Waals surface area contributed by atoms with E-state index in [2.05, 4.69) is 10.4 Å². The van der Waals surface area contributed by atoms with Crippen molar-refractivity contribution in [2.75, 3.05) is 11.1 Å². The third-order valence-corrected chi connectivity index (χ3v) is 3.33. The topological polar surface area (TPSA) is 72.9 Å². The summed E-state index contributed by atoms with van der Waals surface area (Å²) in [7, 11) is 0. The third-order valence-electron chi connectivity index (χ3n) is 3.33. The van der Waals surface area contributed by atoms with Crippen LogP contribution in [0.15, 0.2) is 48.7 Å². The average molecular weight is 280 g/mol. The van der Waals surface area contributed by atoms with E-state index in [1.807, 2.05) is 49.4 Å². The molecule has 0 atom stereocenters. The Bertz CT molecular complexity index is 807. The summed E-state index contributed by atoms with van der Waals surface area (Å²) >= 11 is 0. The Morgan fingerprint density at radius 2 is 2.10 bits per heavy atom. The minimum absolute atomic E-state index is 0.153. The molecular weight excluding hydrogens is 264 g/mol. The van der Waals surface area contributed by atoms with Gasteiger partial charge in [-0.3, -0.25) is 9.48 Å². The Morgan fingerprint density at radius 1 is 1.29 bits per heavy atom. The van der Waals surface area contributed by atoms with Gasteiger partial charge >= 0.3 is 0 Å². The Labute approximate surface area is 122 Å². The van der Waals surface area contributed by atoms with Crippen molar-refractivity contribution >= 4 is 28.2 Å². The fraction of sp³-hybridized carbons (Fsp3) is 0.125. The number of amides is 1. The van der Waals surface area contributed by atoms with Gasteiger partial charge in [-0.05, 0) is 30.7 Å². The average Bonchev–Trinajstić information content (AvgIpc) is 2.85. The van der Waals surface area contributed by atoms with E-state index < -0.39 is 0 Å². The summed E-state index contributed by atoms with van der Waals surface area (Å²) < 4.78 is 1.68. The highest BCUT2D eigenvalue weighted by molar-refractivity contribution is 5.94. The molecule has 0 unspecified atom stereocenters. The van der Waals surface area contributed by atoms with Gasteiger partial charge in [0, 0.05) is 5.39 Å². The van der Waals surface area contributed by atoms with E-state index in [-0.39, 0.29) is 12.5 Å². The second-order valence-electron chi connectivity index (χ2n) is 5.00. The molecule has 0 bridgehead atoms. The van der Waals surface area contributed by atoms with Gasteiger partial charge in [0.15, 0.2) is 0 Å². The standard InChI is InChI=1S/C16H16N4O/c1-11-6-7-14(13(17)8-11)19-16(21)10-20-15-5-3-2-4-12(15)9-18-20/h2-9H,10,17H2,1H3,(H,19,21). The summed E-state index contributed by atoms with van der Waals surface area (Å²) in [6.45, 7) is 2.11. The number of fused-ring (bicyclic) bond motifs is 1. The minimum atomic E-state index is -0.153. The highest BCUT2D eigenvalue weighted by Gasteiger charge is 2.09. The fourth-order valence-electron chi connectivity index (χ4n) is 2.27. The maximum absolute atomic E-state index is 12.1. The number of nitrogens with two attached hydrogens (primary N) is 1. The number of carbonyl (C=O) groups is 1. The van der Waals surface area contributed by atoms with Gasteiger partial charge in [0.05, 0.1) is 23.1 Å². The second kappa shape index (κ2) is 5.28. The number of benzene rings is 2. The largest absolute Gasteiger partial charge is 0.397 e. The lowest BCUT2D eigenvalue weighted by Crippen LogP contribution is -2.20. The Hall–Kier alpha value is -2.82. The summed E-state index contributed by atoms with van der Waals surface area (Å²) in [5, 5.41) is 8.07. The van der Waals surface area contributed by atoms with Crippen LogP contribution in [0.3, 0.4) is 0 Å². The monoisotopic (exact) mass is 280 g/mol. The molecule has 106 valence electrons. The smallest absolute Gasteiger partial charge is 0.246 e. The maximum Gasteiger partial charge on any atom is 0.246 e. The summed E-state index contributed by atoms with van der Waals surface area (Å²) in [5.41, 5.74) is 9.08. The van der Waals surface area contributed by atoms with Crippen LogP contribution in [0.25, 0.3) is 10.9 Å². The Kier molecular flexibility index (Phi) is 3.31. The quantitative estimate of drug-likeness (QED) is 0.724.